The van der Waals surface area contributed by atoms with Crippen LogP contribution >= 0.6 is 0 Å². The average Bonchev–Trinajstić information content (AvgIpc) is 2.81. The van der Waals surface area contributed by atoms with E-state index in [-0.39, 0.29) is 5.92 Å². The lowest BCUT2D eigenvalue weighted by Gasteiger charge is -2.21. The first-order chi connectivity index (χ1) is 8.70. The lowest BCUT2D eigenvalue weighted by atomic mass is 10.0. The number of ketones is 1. The van der Waals surface area contributed by atoms with Gasteiger partial charge in [0.15, 0.2) is 0 Å². The first-order valence-electron chi connectivity index (χ1n) is 6.58. The Kier molecular flexibility index (Phi) is 4.24. The maximum atomic E-state index is 11.6. The predicted octanol–water partition coefficient (Wildman–Crippen LogP) is 2.89. The maximum Gasteiger partial charge on any atom is 0.136 e. The Labute approximate surface area is 109 Å². The number of hydrogen-bond acceptors (Lipinski definition) is 3. The van der Waals surface area contributed by atoms with Crippen molar-refractivity contribution in [3.05, 3.63) is 24.3 Å². The van der Waals surface area contributed by atoms with Crippen molar-refractivity contribution in [3.8, 4) is 5.75 Å². The number of anilines is 1. The second-order valence-corrected chi connectivity index (χ2v) is 4.97. The van der Waals surface area contributed by atoms with E-state index >= 15 is 0 Å². The Morgan fingerprint density at radius 1 is 1.44 bits per heavy atom. The Morgan fingerprint density at radius 3 is 2.94 bits per heavy atom. The first-order valence-corrected chi connectivity index (χ1v) is 6.58. The summed E-state index contributed by atoms with van der Waals surface area (Å²) in [6.45, 7) is 0.920. The maximum absolute atomic E-state index is 11.6. The largest absolute Gasteiger partial charge is 0.497 e. The number of benzene rings is 1. The van der Waals surface area contributed by atoms with Gasteiger partial charge in [-0.1, -0.05) is 6.07 Å². The van der Waals surface area contributed by atoms with Crippen LogP contribution in [0.2, 0.25) is 0 Å². The molecule has 1 aliphatic rings. The van der Waals surface area contributed by atoms with Crippen LogP contribution in [0.15, 0.2) is 24.3 Å². The molecule has 98 valence electrons. The molecule has 0 spiro atoms. The Hall–Kier alpha value is -1.51. The molecule has 1 aromatic carbocycles. The molecule has 0 heterocycles. The van der Waals surface area contributed by atoms with Gasteiger partial charge in [-0.15, -0.1) is 0 Å². The Bertz CT molecular complexity index is 417. The fraction of sp³-hybridized carbons (Fsp3) is 0.533. The third-order valence-electron chi connectivity index (χ3n) is 3.74. The number of Topliss-reactive ketones (excluding diaryl/α,β-unsaturated/α-hetero) is 1. The van der Waals surface area contributed by atoms with E-state index in [1.807, 2.05) is 18.2 Å². The number of methoxy groups -OCH3 is 1. The highest BCUT2D eigenvalue weighted by Gasteiger charge is 2.24. The summed E-state index contributed by atoms with van der Waals surface area (Å²) < 4.78 is 5.22. The van der Waals surface area contributed by atoms with Gasteiger partial charge in [-0.2, -0.15) is 0 Å². The summed E-state index contributed by atoms with van der Waals surface area (Å²) in [6, 6.07) is 8.03. The van der Waals surface area contributed by atoms with Gasteiger partial charge >= 0.3 is 0 Å². The summed E-state index contributed by atoms with van der Waals surface area (Å²) in [4.78, 5) is 13.8. The van der Waals surface area contributed by atoms with E-state index in [0.717, 1.165) is 43.7 Å². The molecule has 3 heteroatoms. The normalized spacial score (nSPS) is 19.0. The Morgan fingerprint density at radius 2 is 2.28 bits per heavy atom. The van der Waals surface area contributed by atoms with Crippen LogP contribution in [0.1, 0.15) is 25.7 Å². The van der Waals surface area contributed by atoms with Crippen molar-refractivity contribution in [2.45, 2.75) is 25.7 Å². The number of carbonyl (C=O) groups excluding carboxylic acids is 1. The van der Waals surface area contributed by atoms with Crippen molar-refractivity contribution >= 4 is 11.5 Å². The molecule has 1 fully saturated rings. The van der Waals surface area contributed by atoms with E-state index in [4.69, 9.17) is 4.74 Å². The van der Waals surface area contributed by atoms with Crippen molar-refractivity contribution in [2.75, 3.05) is 25.6 Å². The fourth-order valence-electron chi connectivity index (χ4n) is 2.52. The predicted molar refractivity (Wildman–Crippen MR) is 73.2 cm³/mol. The molecule has 2 rings (SSSR count). The van der Waals surface area contributed by atoms with Gasteiger partial charge in [-0.25, -0.2) is 0 Å². The highest BCUT2D eigenvalue weighted by molar-refractivity contribution is 5.82. The number of hydrogen-bond donors (Lipinski definition) is 0. The Balaban J connectivity index is 1.90. The van der Waals surface area contributed by atoms with Gasteiger partial charge in [-0.05, 0) is 31.4 Å². The van der Waals surface area contributed by atoms with Crippen LogP contribution in [0.4, 0.5) is 5.69 Å². The molecular formula is C15H21NO2. The molecule has 1 atom stereocenters. The van der Waals surface area contributed by atoms with Gasteiger partial charge in [-0.3, -0.25) is 4.79 Å². The van der Waals surface area contributed by atoms with Gasteiger partial charge in [0.1, 0.15) is 11.5 Å². The van der Waals surface area contributed by atoms with Gasteiger partial charge in [0, 0.05) is 37.7 Å². The molecule has 0 amide bonds. The average molecular weight is 247 g/mol. The van der Waals surface area contributed by atoms with Gasteiger partial charge in [0.25, 0.3) is 0 Å². The fourth-order valence-corrected chi connectivity index (χ4v) is 2.52. The second-order valence-electron chi connectivity index (χ2n) is 4.97. The summed E-state index contributed by atoms with van der Waals surface area (Å²) in [5, 5.41) is 0. The number of ether oxygens (including phenoxy) is 1. The molecule has 1 aromatic rings. The zero-order valence-corrected chi connectivity index (χ0v) is 11.2. The molecule has 0 aromatic heterocycles. The van der Waals surface area contributed by atoms with Crippen LogP contribution in [-0.2, 0) is 4.79 Å². The van der Waals surface area contributed by atoms with Crippen LogP contribution in [0.25, 0.3) is 0 Å². The third-order valence-corrected chi connectivity index (χ3v) is 3.74. The number of nitrogens with zero attached hydrogens (tertiary/aromatic N) is 1. The standard InChI is InChI=1S/C15H21NO2/c1-16(10-9-12-5-3-8-15(12)17)13-6-4-7-14(11-13)18-2/h4,6-7,11-12H,3,5,8-10H2,1-2H3. The molecule has 3 nitrogen and oxygen atoms in total. The minimum atomic E-state index is 0.290. The van der Waals surface area contributed by atoms with E-state index < -0.39 is 0 Å². The van der Waals surface area contributed by atoms with Gasteiger partial charge < -0.3 is 9.64 Å². The monoisotopic (exact) mass is 247 g/mol. The van der Waals surface area contributed by atoms with Crippen molar-refractivity contribution in [1.29, 1.82) is 0 Å². The summed E-state index contributed by atoms with van der Waals surface area (Å²) in [5.41, 5.74) is 1.14. The summed E-state index contributed by atoms with van der Waals surface area (Å²) in [5.74, 6) is 1.61. The summed E-state index contributed by atoms with van der Waals surface area (Å²) >= 11 is 0. The lowest BCUT2D eigenvalue weighted by molar-refractivity contribution is -0.120. The van der Waals surface area contributed by atoms with E-state index in [2.05, 4.69) is 18.0 Å². The lowest BCUT2D eigenvalue weighted by Crippen LogP contribution is -2.22. The third kappa shape index (κ3) is 3.03. The second kappa shape index (κ2) is 5.89. The molecular weight excluding hydrogens is 226 g/mol. The molecule has 0 bridgehead atoms. The minimum Gasteiger partial charge on any atom is -0.497 e. The van der Waals surface area contributed by atoms with Crippen LogP contribution in [-0.4, -0.2) is 26.5 Å². The van der Waals surface area contributed by atoms with Gasteiger partial charge in [0.2, 0.25) is 0 Å². The molecule has 18 heavy (non-hydrogen) atoms. The van der Waals surface area contributed by atoms with Crippen LogP contribution in [0, 0.1) is 5.92 Å². The number of carbonyl (C=O) groups is 1. The van der Waals surface area contributed by atoms with Crippen molar-refractivity contribution in [3.63, 3.8) is 0 Å². The van der Waals surface area contributed by atoms with Crippen LogP contribution in [0.3, 0.4) is 0 Å². The molecule has 1 unspecified atom stereocenters. The van der Waals surface area contributed by atoms with Crippen molar-refractivity contribution < 1.29 is 9.53 Å². The van der Waals surface area contributed by atoms with E-state index in [1.54, 1.807) is 7.11 Å². The van der Waals surface area contributed by atoms with Crippen LogP contribution < -0.4 is 9.64 Å². The summed E-state index contributed by atoms with van der Waals surface area (Å²) in [6.07, 6.45) is 3.90. The zero-order valence-electron chi connectivity index (χ0n) is 11.2. The molecule has 0 N–H and O–H groups in total. The number of rotatable bonds is 5. The molecule has 0 saturated heterocycles. The highest BCUT2D eigenvalue weighted by atomic mass is 16.5. The van der Waals surface area contributed by atoms with Crippen molar-refractivity contribution in [2.24, 2.45) is 5.92 Å². The highest BCUT2D eigenvalue weighted by Crippen LogP contribution is 2.26. The van der Waals surface area contributed by atoms with E-state index in [9.17, 15) is 4.79 Å². The SMILES string of the molecule is COc1cccc(N(C)CCC2CCCC2=O)c1. The van der Waals surface area contributed by atoms with E-state index in [1.165, 1.54) is 0 Å². The molecule has 0 aliphatic heterocycles. The first kappa shape index (κ1) is 12.9. The minimum absolute atomic E-state index is 0.290. The van der Waals surface area contributed by atoms with Crippen LogP contribution in [0.5, 0.6) is 5.75 Å². The van der Waals surface area contributed by atoms with Gasteiger partial charge in [0.05, 0.1) is 7.11 Å². The molecule has 0 radical (unpaired) electrons. The van der Waals surface area contributed by atoms with Crippen molar-refractivity contribution in [1.82, 2.24) is 0 Å². The summed E-state index contributed by atoms with van der Waals surface area (Å²) in [7, 11) is 3.74. The zero-order chi connectivity index (χ0) is 13.0. The molecule has 1 aliphatic carbocycles. The quantitative estimate of drug-likeness (QED) is 0.801. The molecule has 1 saturated carbocycles. The van der Waals surface area contributed by atoms with E-state index in [0.29, 0.717) is 5.78 Å². The smallest absolute Gasteiger partial charge is 0.136 e. The topological polar surface area (TPSA) is 29.5 Å².